The molecule has 1 saturated heterocycles. The lowest BCUT2D eigenvalue weighted by Crippen LogP contribution is -2.46. The molecule has 0 spiro atoms. The molecule has 0 bridgehead atoms. The smallest absolute Gasteiger partial charge is 0.338 e. The van der Waals surface area contributed by atoms with Crippen LogP contribution >= 0.6 is 0 Å². The lowest BCUT2D eigenvalue weighted by Gasteiger charge is -2.30. The van der Waals surface area contributed by atoms with Crippen molar-refractivity contribution in [3.8, 4) is 0 Å². The van der Waals surface area contributed by atoms with Crippen molar-refractivity contribution in [3.63, 3.8) is 0 Å². The van der Waals surface area contributed by atoms with Crippen LogP contribution in [-0.2, 0) is 35.2 Å². The van der Waals surface area contributed by atoms with Crippen molar-refractivity contribution in [3.05, 3.63) is 138 Å². The second-order valence-corrected chi connectivity index (χ2v) is 12.4. The van der Waals surface area contributed by atoms with Gasteiger partial charge in [0.2, 0.25) is 0 Å². The quantitative estimate of drug-likeness (QED) is 0.191. The normalized spacial score (nSPS) is 23.2. The number of hydroxylamine groups is 2. The number of benzene rings is 4. The number of ether oxygens (including phenoxy) is 2. The van der Waals surface area contributed by atoms with Gasteiger partial charge in [-0.05, 0) is 48.9 Å². The number of carbonyl (C=O) groups is 2. The van der Waals surface area contributed by atoms with Gasteiger partial charge in [0, 0.05) is 12.5 Å². The average molecular weight is 614 g/mol. The Bertz CT molecular complexity index is 1700. The van der Waals surface area contributed by atoms with E-state index in [9.17, 15) is 18.0 Å². The number of esters is 2. The van der Waals surface area contributed by atoms with E-state index in [-0.39, 0.29) is 17.1 Å². The van der Waals surface area contributed by atoms with Crippen molar-refractivity contribution in [2.45, 2.75) is 42.7 Å². The van der Waals surface area contributed by atoms with Gasteiger partial charge in [0.25, 0.3) is 10.1 Å². The molecule has 1 aliphatic heterocycles. The summed E-state index contributed by atoms with van der Waals surface area (Å²) in [6, 6.07) is 31.8. The van der Waals surface area contributed by atoms with E-state index in [1.807, 2.05) is 37.3 Å². The summed E-state index contributed by atoms with van der Waals surface area (Å²) < 4.78 is 45.3. The zero-order chi connectivity index (χ0) is 30.7. The number of fused-ring (bicyclic) bond motifs is 1. The number of hydrogen-bond donors (Lipinski definition) is 0. The highest BCUT2D eigenvalue weighted by atomic mass is 32.2. The molecule has 226 valence electrons. The summed E-state index contributed by atoms with van der Waals surface area (Å²) >= 11 is 0. The molecule has 6 rings (SSSR count). The highest BCUT2D eigenvalue weighted by Gasteiger charge is 2.62. The van der Waals surface area contributed by atoms with E-state index in [4.69, 9.17) is 18.5 Å². The second-order valence-electron chi connectivity index (χ2n) is 10.8. The minimum Gasteiger partial charge on any atom is -0.454 e. The summed E-state index contributed by atoms with van der Waals surface area (Å²) in [6.45, 7) is 2.24. The minimum atomic E-state index is -4.35. The molecular weight excluding hydrogens is 582 g/mol. The van der Waals surface area contributed by atoms with Crippen molar-refractivity contribution in [1.82, 2.24) is 5.06 Å². The predicted octanol–water partition coefficient (Wildman–Crippen LogP) is 4.97. The topological polar surface area (TPSA) is 108 Å². The van der Waals surface area contributed by atoms with E-state index in [1.54, 1.807) is 77.9 Å². The van der Waals surface area contributed by atoms with Gasteiger partial charge in [0.15, 0.2) is 6.10 Å². The summed E-state index contributed by atoms with van der Waals surface area (Å²) in [5, 5.41) is 1.63. The molecule has 1 saturated carbocycles. The van der Waals surface area contributed by atoms with Crippen molar-refractivity contribution in [1.29, 1.82) is 0 Å². The van der Waals surface area contributed by atoms with Crippen LogP contribution in [0.15, 0.2) is 120 Å². The number of nitrogens with zero attached hydrogens (tertiary/aromatic N) is 1. The van der Waals surface area contributed by atoms with Gasteiger partial charge in [-0.2, -0.15) is 13.5 Å². The molecule has 1 aliphatic carbocycles. The molecule has 10 heteroatoms. The van der Waals surface area contributed by atoms with Gasteiger partial charge in [-0.15, -0.1) is 0 Å². The maximum atomic E-state index is 13.7. The fourth-order valence-electron chi connectivity index (χ4n) is 5.65. The van der Waals surface area contributed by atoms with Crippen LogP contribution in [0.1, 0.15) is 31.8 Å². The molecule has 0 N–H and O–H groups in total. The average Bonchev–Trinajstić information content (AvgIpc) is 3.57. The van der Waals surface area contributed by atoms with Crippen LogP contribution in [0.25, 0.3) is 0 Å². The third-order valence-electron chi connectivity index (χ3n) is 7.84. The number of aryl methyl sites for hydroxylation is 1. The van der Waals surface area contributed by atoms with Gasteiger partial charge in [-0.3, -0.25) is 9.02 Å². The molecule has 9 nitrogen and oxygen atoms in total. The molecule has 44 heavy (non-hydrogen) atoms. The molecule has 2 fully saturated rings. The molecule has 2 aliphatic rings. The molecule has 0 unspecified atom stereocenters. The number of rotatable bonds is 9. The van der Waals surface area contributed by atoms with E-state index in [2.05, 4.69) is 0 Å². The lowest BCUT2D eigenvalue weighted by molar-refractivity contribution is -0.166. The van der Waals surface area contributed by atoms with E-state index < -0.39 is 52.3 Å². The molecule has 0 amide bonds. The molecule has 1 heterocycles. The Hall–Kier alpha value is -4.35. The summed E-state index contributed by atoms with van der Waals surface area (Å²) in [7, 11) is -4.35. The Morgan fingerprint density at radius 1 is 0.727 bits per heavy atom. The van der Waals surface area contributed by atoms with Crippen LogP contribution in [0.4, 0.5) is 0 Å². The van der Waals surface area contributed by atoms with Crippen molar-refractivity contribution in [2.75, 3.05) is 6.61 Å². The Kier molecular flexibility index (Phi) is 8.58. The van der Waals surface area contributed by atoms with E-state index in [1.165, 1.54) is 12.1 Å². The molecule has 0 aromatic heterocycles. The molecule has 0 radical (unpaired) electrons. The van der Waals surface area contributed by atoms with Crippen LogP contribution in [-0.4, -0.2) is 56.4 Å². The molecule has 4 aromatic carbocycles. The Balaban J connectivity index is 1.39. The Labute approximate surface area is 256 Å². The third-order valence-corrected chi connectivity index (χ3v) is 9.17. The first kappa shape index (κ1) is 29.7. The first-order chi connectivity index (χ1) is 21.3. The standard InChI is InChI=1S/C34H31NO8S/c1-23-17-19-27(20-18-23)44(38,39)43-31-29-28(22-40-35(29)21-24-11-5-2-6-12-24)30(41-33(36)25-13-7-3-8-14-25)32(31)42-34(37)26-15-9-4-10-16-26/h2-20,28-32H,21-22H2,1H3/t28-,29+,30-,31-,32+/m1/s1. The monoisotopic (exact) mass is 613 g/mol. The first-order valence-electron chi connectivity index (χ1n) is 14.3. The Morgan fingerprint density at radius 3 is 1.82 bits per heavy atom. The predicted molar refractivity (Wildman–Crippen MR) is 160 cm³/mol. The van der Waals surface area contributed by atoms with Crippen LogP contribution < -0.4 is 0 Å². The SMILES string of the molecule is Cc1ccc(S(=O)(=O)O[C@H]2[C@@H](OC(=O)c3ccccc3)[C@H](OC(=O)c3ccccc3)[C@@H]3CON(Cc4ccccc4)[C@@H]32)cc1. The molecule has 5 atom stereocenters. The van der Waals surface area contributed by atoms with E-state index in [0.29, 0.717) is 12.1 Å². The summed E-state index contributed by atoms with van der Waals surface area (Å²) in [5.74, 6) is -1.91. The van der Waals surface area contributed by atoms with E-state index >= 15 is 0 Å². The summed E-state index contributed by atoms with van der Waals surface area (Å²) in [4.78, 5) is 32.8. The van der Waals surface area contributed by atoms with Crippen molar-refractivity contribution >= 4 is 22.1 Å². The Morgan fingerprint density at radius 2 is 1.25 bits per heavy atom. The van der Waals surface area contributed by atoms with Crippen LogP contribution in [0.5, 0.6) is 0 Å². The second kappa shape index (κ2) is 12.7. The third kappa shape index (κ3) is 6.29. The fourth-order valence-corrected chi connectivity index (χ4v) is 6.75. The molecule has 4 aromatic rings. The van der Waals surface area contributed by atoms with Crippen molar-refractivity contribution < 1.29 is 36.5 Å². The minimum absolute atomic E-state index is 0.0500. The fraction of sp³-hybridized carbons (Fsp3) is 0.235. The molecular formula is C34H31NO8S. The lowest BCUT2D eigenvalue weighted by atomic mass is 10.0. The van der Waals surface area contributed by atoms with Gasteiger partial charge >= 0.3 is 11.9 Å². The van der Waals surface area contributed by atoms with Gasteiger partial charge in [-0.25, -0.2) is 9.59 Å². The zero-order valence-electron chi connectivity index (χ0n) is 23.9. The largest absolute Gasteiger partial charge is 0.454 e. The van der Waals surface area contributed by atoms with Crippen LogP contribution in [0, 0.1) is 12.8 Å². The van der Waals surface area contributed by atoms with Gasteiger partial charge < -0.3 is 9.47 Å². The maximum absolute atomic E-state index is 13.7. The maximum Gasteiger partial charge on any atom is 0.338 e. The number of carbonyl (C=O) groups excluding carboxylic acids is 2. The summed E-state index contributed by atoms with van der Waals surface area (Å²) in [6.07, 6.45) is -3.61. The van der Waals surface area contributed by atoms with Crippen LogP contribution in [0.3, 0.4) is 0 Å². The van der Waals surface area contributed by atoms with E-state index in [0.717, 1.165) is 11.1 Å². The number of hydrogen-bond acceptors (Lipinski definition) is 9. The van der Waals surface area contributed by atoms with Gasteiger partial charge in [0.1, 0.15) is 12.2 Å². The van der Waals surface area contributed by atoms with Crippen molar-refractivity contribution in [2.24, 2.45) is 5.92 Å². The first-order valence-corrected chi connectivity index (χ1v) is 15.7. The van der Waals surface area contributed by atoms with Gasteiger partial charge in [0.05, 0.1) is 28.7 Å². The van der Waals surface area contributed by atoms with Gasteiger partial charge in [-0.1, -0.05) is 84.4 Å². The highest BCUT2D eigenvalue weighted by Crippen LogP contribution is 2.43. The highest BCUT2D eigenvalue weighted by molar-refractivity contribution is 7.86. The summed E-state index contributed by atoms with van der Waals surface area (Å²) in [5.41, 5.74) is 2.35. The van der Waals surface area contributed by atoms with Crippen LogP contribution in [0.2, 0.25) is 0 Å². The zero-order valence-corrected chi connectivity index (χ0v) is 24.7.